The molecule has 0 saturated heterocycles. The monoisotopic (exact) mass is 291 g/mol. The van der Waals surface area contributed by atoms with Crippen molar-refractivity contribution in [3.8, 4) is 17.2 Å². The maximum Gasteiger partial charge on any atom is 0.376 e. The van der Waals surface area contributed by atoms with E-state index in [-0.39, 0.29) is 17.3 Å². The zero-order valence-electron chi connectivity index (χ0n) is 11.7. The lowest BCUT2D eigenvalue weighted by Gasteiger charge is -2.00. The second-order valence-electron chi connectivity index (χ2n) is 3.91. The van der Waals surface area contributed by atoms with E-state index in [1.54, 1.807) is 24.3 Å². The van der Waals surface area contributed by atoms with Crippen LogP contribution in [-0.2, 0) is 9.47 Å². The van der Waals surface area contributed by atoms with Crippen LogP contribution >= 0.6 is 0 Å². The molecular formula is C14H13NO6. The van der Waals surface area contributed by atoms with Gasteiger partial charge in [-0.25, -0.2) is 14.6 Å². The number of oxazole rings is 1. The Morgan fingerprint density at radius 1 is 1.10 bits per heavy atom. The average molecular weight is 291 g/mol. The van der Waals surface area contributed by atoms with Gasteiger partial charge < -0.3 is 18.6 Å². The molecule has 7 nitrogen and oxygen atoms in total. The first-order valence-electron chi connectivity index (χ1n) is 5.92. The number of methoxy groups -OCH3 is 3. The lowest BCUT2D eigenvalue weighted by molar-refractivity contribution is 0.0527. The van der Waals surface area contributed by atoms with Gasteiger partial charge >= 0.3 is 11.9 Å². The molecule has 0 aliphatic carbocycles. The molecule has 0 unspecified atom stereocenters. The number of ether oxygens (including phenoxy) is 3. The van der Waals surface area contributed by atoms with Crippen molar-refractivity contribution < 1.29 is 28.2 Å². The van der Waals surface area contributed by atoms with E-state index in [2.05, 4.69) is 14.5 Å². The number of carbonyl (C=O) groups is 2. The molecule has 0 spiro atoms. The molecule has 7 heteroatoms. The SMILES string of the molecule is COC(=O)c1nc(-c2cccc(OC)c2)oc1C(=O)OC. The number of nitrogens with zero attached hydrogens (tertiary/aromatic N) is 1. The van der Waals surface area contributed by atoms with E-state index in [0.29, 0.717) is 11.3 Å². The molecule has 110 valence electrons. The molecule has 0 aliphatic heterocycles. The van der Waals surface area contributed by atoms with Gasteiger partial charge in [0.2, 0.25) is 17.3 Å². The summed E-state index contributed by atoms with van der Waals surface area (Å²) in [5.74, 6) is -1.22. The van der Waals surface area contributed by atoms with E-state index in [1.807, 2.05) is 0 Å². The summed E-state index contributed by atoms with van der Waals surface area (Å²) in [5.41, 5.74) is 0.317. The van der Waals surface area contributed by atoms with Gasteiger partial charge in [-0.05, 0) is 18.2 Å². The van der Waals surface area contributed by atoms with Crippen LogP contribution in [0.1, 0.15) is 21.0 Å². The first kappa shape index (κ1) is 14.6. The topological polar surface area (TPSA) is 87.9 Å². The molecule has 0 bridgehead atoms. The van der Waals surface area contributed by atoms with Gasteiger partial charge in [0.1, 0.15) is 5.75 Å². The highest BCUT2D eigenvalue weighted by Gasteiger charge is 2.27. The fourth-order valence-electron chi connectivity index (χ4n) is 1.67. The molecule has 21 heavy (non-hydrogen) atoms. The third kappa shape index (κ3) is 2.86. The first-order chi connectivity index (χ1) is 10.1. The van der Waals surface area contributed by atoms with Crippen molar-refractivity contribution >= 4 is 11.9 Å². The molecule has 1 aromatic carbocycles. The number of rotatable bonds is 4. The van der Waals surface area contributed by atoms with Gasteiger partial charge in [-0.2, -0.15) is 0 Å². The second-order valence-corrected chi connectivity index (χ2v) is 3.91. The smallest absolute Gasteiger partial charge is 0.376 e. The molecule has 0 N–H and O–H groups in total. The van der Waals surface area contributed by atoms with Crippen LogP contribution in [0, 0.1) is 0 Å². The Bertz CT molecular complexity index is 642. The average Bonchev–Trinajstić information content (AvgIpc) is 2.98. The minimum atomic E-state index is -0.808. The van der Waals surface area contributed by atoms with Gasteiger partial charge in [-0.3, -0.25) is 0 Å². The van der Waals surface area contributed by atoms with Crippen molar-refractivity contribution in [2.24, 2.45) is 0 Å². The van der Waals surface area contributed by atoms with Crippen LogP contribution in [0.3, 0.4) is 0 Å². The lowest BCUT2D eigenvalue weighted by atomic mass is 10.2. The molecule has 0 radical (unpaired) electrons. The van der Waals surface area contributed by atoms with Gasteiger partial charge in [0, 0.05) is 5.56 Å². The molecule has 0 fully saturated rings. The summed E-state index contributed by atoms with van der Waals surface area (Å²) >= 11 is 0. The summed E-state index contributed by atoms with van der Waals surface area (Å²) < 4.78 is 19.6. The molecule has 0 amide bonds. The van der Waals surface area contributed by atoms with Crippen LogP contribution in [0.5, 0.6) is 5.75 Å². The second kappa shape index (κ2) is 6.08. The summed E-state index contributed by atoms with van der Waals surface area (Å²) in [4.78, 5) is 27.3. The Balaban J connectivity index is 2.52. The largest absolute Gasteiger partial charge is 0.497 e. The quantitative estimate of drug-likeness (QED) is 0.795. The van der Waals surface area contributed by atoms with E-state index in [4.69, 9.17) is 9.15 Å². The number of benzene rings is 1. The highest BCUT2D eigenvalue weighted by atomic mass is 16.5. The Morgan fingerprint density at radius 2 is 1.81 bits per heavy atom. The van der Waals surface area contributed by atoms with E-state index < -0.39 is 11.9 Å². The number of carbonyl (C=O) groups excluding carboxylic acids is 2. The van der Waals surface area contributed by atoms with Crippen LogP contribution in [0.2, 0.25) is 0 Å². The van der Waals surface area contributed by atoms with Crippen molar-refractivity contribution in [1.29, 1.82) is 0 Å². The van der Waals surface area contributed by atoms with E-state index >= 15 is 0 Å². The Hall–Kier alpha value is -2.83. The summed E-state index contributed by atoms with van der Waals surface area (Å²) in [7, 11) is 3.88. The highest BCUT2D eigenvalue weighted by molar-refractivity contribution is 6.00. The van der Waals surface area contributed by atoms with Crippen molar-refractivity contribution in [1.82, 2.24) is 4.98 Å². The Morgan fingerprint density at radius 3 is 2.43 bits per heavy atom. The summed E-state index contributed by atoms with van der Waals surface area (Å²) in [6.07, 6.45) is 0. The standard InChI is InChI=1S/C14H13NO6/c1-18-9-6-4-5-8(7-9)12-15-10(13(16)19-2)11(21-12)14(17)20-3/h4-7H,1-3H3. The third-order valence-electron chi connectivity index (χ3n) is 2.69. The molecule has 1 heterocycles. The summed E-state index contributed by atoms with van der Waals surface area (Å²) in [6.45, 7) is 0. The van der Waals surface area contributed by atoms with Crippen LogP contribution in [-0.4, -0.2) is 38.3 Å². The summed E-state index contributed by atoms with van der Waals surface area (Å²) in [5, 5.41) is 0. The van der Waals surface area contributed by atoms with E-state index in [1.165, 1.54) is 21.3 Å². The van der Waals surface area contributed by atoms with Gasteiger partial charge in [-0.15, -0.1) is 0 Å². The number of hydrogen-bond donors (Lipinski definition) is 0. The molecule has 0 saturated carbocycles. The maximum atomic E-state index is 11.6. The van der Waals surface area contributed by atoms with Crippen LogP contribution < -0.4 is 4.74 Å². The molecule has 0 aliphatic rings. The predicted octanol–water partition coefficient (Wildman–Crippen LogP) is 1.92. The zero-order valence-corrected chi connectivity index (χ0v) is 11.7. The van der Waals surface area contributed by atoms with Gasteiger partial charge in [-0.1, -0.05) is 6.07 Å². The van der Waals surface area contributed by atoms with Gasteiger partial charge in [0.05, 0.1) is 21.3 Å². The normalized spacial score (nSPS) is 10.0. The van der Waals surface area contributed by atoms with Crippen LogP contribution in [0.4, 0.5) is 0 Å². The van der Waals surface area contributed by atoms with E-state index in [9.17, 15) is 9.59 Å². The fourth-order valence-corrected chi connectivity index (χ4v) is 1.67. The van der Waals surface area contributed by atoms with E-state index in [0.717, 1.165) is 0 Å². The molecule has 1 aromatic heterocycles. The highest BCUT2D eigenvalue weighted by Crippen LogP contribution is 2.26. The molecule has 2 aromatic rings. The predicted molar refractivity (Wildman–Crippen MR) is 71.2 cm³/mol. The fraction of sp³-hybridized carbons (Fsp3) is 0.214. The van der Waals surface area contributed by atoms with Gasteiger partial charge in [0.15, 0.2) is 0 Å². The molecular weight excluding hydrogens is 278 g/mol. The number of hydrogen-bond acceptors (Lipinski definition) is 7. The number of aromatic nitrogens is 1. The third-order valence-corrected chi connectivity index (χ3v) is 2.69. The lowest BCUT2D eigenvalue weighted by Crippen LogP contribution is -2.10. The van der Waals surface area contributed by atoms with Crippen molar-refractivity contribution in [2.45, 2.75) is 0 Å². The maximum absolute atomic E-state index is 11.6. The molecule has 2 rings (SSSR count). The van der Waals surface area contributed by atoms with Gasteiger partial charge in [0.25, 0.3) is 0 Å². The minimum Gasteiger partial charge on any atom is -0.497 e. The zero-order chi connectivity index (χ0) is 15.4. The Kier molecular flexibility index (Phi) is 4.22. The first-order valence-corrected chi connectivity index (χ1v) is 5.92. The van der Waals surface area contributed by atoms with Crippen molar-refractivity contribution in [3.63, 3.8) is 0 Å². The Labute approximate surface area is 120 Å². The van der Waals surface area contributed by atoms with Crippen molar-refractivity contribution in [3.05, 3.63) is 35.7 Å². The minimum absolute atomic E-state index is 0.0923. The van der Waals surface area contributed by atoms with Crippen LogP contribution in [0.25, 0.3) is 11.5 Å². The van der Waals surface area contributed by atoms with Crippen LogP contribution in [0.15, 0.2) is 28.7 Å². The van der Waals surface area contributed by atoms with Crippen molar-refractivity contribution in [2.75, 3.05) is 21.3 Å². The number of esters is 2. The summed E-state index contributed by atoms with van der Waals surface area (Å²) in [6, 6.07) is 6.84. The molecule has 0 atom stereocenters.